The Morgan fingerprint density at radius 3 is 3.00 bits per heavy atom. The van der Waals surface area contributed by atoms with Gasteiger partial charge in [-0.15, -0.1) is 0 Å². The Labute approximate surface area is 124 Å². The maximum atomic E-state index is 12.1. The van der Waals surface area contributed by atoms with Gasteiger partial charge in [-0.25, -0.2) is 4.98 Å². The Kier molecular flexibility index (Phi) is 4.03. The van der Waals surface area contributed by atoms with Gasteiger partial charge in [-0.05, 0) is 31.5 Å². The van der Waals surface area contributed by atoms with Crippen LogP contribution in [0.25, 0.3) is 10.9 Å². The fraction of sp³-hybridized carbons (Fsp3) is 0.500. The summed E-state index contributed by atoms with van der Waals surface area (Å²) in [5.41, 5.74) is 0.725. The first-order valence-electron chi connectivity index (χ1n) is 7.55. The molecule has 1 aliphatic rings. The van der Waals surface area contributed by atoms with E-state index in [1.165, 1.54) is 0 Å². The van der Waals surface area contributed by atoms with Gasteiger partial charge in [0.1, 0.15) is 5.82 Å². The van der Waals surface area contributed by atoms with Gasteiger partial charge in [0.15, 0.2) is 0 Å². The first-order chi connectivity index (χ1) is 10.2. The lowest BCUT2D eigenvalue weighted by Crippen LogP contribution is -2.47. The monoisotopic (exact) mass is 286 g/mol. The van der Waals surface area contributed by atoms with Crippen molar-refractivity contribution in [3.8, 4) is 0 Å². The largest absolute Gasteiger partial charge is 0.317 e. The summed E-state index contributed by atoms with van der Waals surface area (Å²) in [4.78, 5) is 21.9. The van der Waals surface area contributed by atoms with Crippen LogP contribution in [0.3, 0.4) is 0 Å². The number of hydrogen-bond acceptors (Lipinski definition) is 4. The molecule has 0 amide bonds. The molecule has 0 radical (unpaired) electrons. The summed E-state index contributed by atoms with van der Waals surface area (Å²) in [7, 11) is 2.03. The van der Waals surface area contributed by atoms with Crippen molar-refractivity contribution in [2.75, 3.05) is 20.1 Å². The highest BCUT2D eigenvalue weighted by molar-refractivity contribution is 5.77. The number of piperidine rings is 1. The number of para-hydroxylation sites is 1. The Hall–Kier alpha value is -1.72. The number of benzene rings is 1. The average molecular weight is 286 g/mol. The number of likely N-dealkylation sites (tertiary alicyclic amines) is 1. The van der Waals surface area contributed by atoms with E-state index in [0.717, 1.165) is 30.9 Å². The van der Waals surface area contributed by atoms with Crippen molar-refractivity contribution in [2.45, 2.75) is 25.9 Å². The highest BCUT2D eigenvalue weighted by Gasteiger charge is 2.25. The zero-order valence-electron chi connectivity index (χ0n) is 12.6. The Balaban J connectivity index is 1.78. The highest BCUT2D eigenvalue weighted by atomic mass is 16.1. The topological polar surface area (TPSA) is 61.0 Å². The second-order valence-corrected chi connectivity index (χ2v) is 5.93. The molecule has 112 valence electrons. The summed E-state index contributed by atoms with van der Waals surface area (Å²) in [6.07, 6.45) is 1.13. The van der Waals surface area contributed by atoms with E-state index in [1.807, 2.05) is 31.3 Å². The normalized spacial score (nSPS) is 23.5. The van der Waals surface area contributed by atoms with Crippen LogP contribution in [0.5, 0.6) is 0 Å². The van der Waals surface area contributed by atoms with Crippen LogP contribution in [0.2, 0.25) is 0 Å². The first kappa shape index (κ1) is 14.2. The molecule has 1 aliphatic heterocycles. The number of aromatic amines is 1. The lowest BCUT2D eigenvalue weighted by molar-refractivity contribution is 0.142. The summed E-state index contributed by atoms with van der Waals surface area (Å²) in [5, 5.41) is 4.03. The number of nitrogens with one attached hydrogen (secondary N) is 2. The number of nitrogens with zero attached hydrogens (tertiary/aromatic N) is 2. The van der Waals surface area contributed by atoms with Gasteiger partial charge in [0.05, 0.1) is 17.4 Å². The third-order valence-corrected chi connectivity index (χ3v) is 4.40. The molecule has 2 heterocycles. The van der Waals surface area contributed by atoms with Crippen LogP contribution in [0.1, 0.15) is 19.2 Å². The standard InChI is InChI=1S/C16H22N4O/c1-11-9-20(8-7-13(11)17-2)10-15-18-14-6-4-3-5-12(14)16(21)19-15/h3-6,11,13,17H,7-10H2,1-2H3,(H,18,19,21). The molecule has 1 saturated heterocycles. The molecule has 21 heavy (non-hydrogen) atoms. The molecule has 5 nitrogen and oxygen atoms in total. The fourth-order valence-corrected chi connectivity index (χ4v) is 3.23. The molecule has 2 N–H and O–H groups in total. The van der Waals surface area contributed by atoms with Crippen LogP contribution in [0, 0.1) is 5.92 Å². The Bertz CT molecular complexity index is 681. The van der Waals surface area contributed by atoms with Gasteiger partial charge >= 0.3 is 0 Å². The van der Waals surface area contributed by atoms with E-state index in [0.29, 0.717) is 23.9 Å². The van der Waals surface area contributed by atoms with E-state index in [2.05, 4.69) is 27.1 Å². The predicted molar refractivity (Wildman–Crippen MR) is 84.3 cm³/mol. The van der Waals surface area contributed by atoms with Gasteiger partial charge in [0.25, 0.3) is 5.56 Å². The van der Waals surface area contributed by atoms with Gasteiger partial charge in [0.2, 0.25) is 0 Å². The quantitative estimate of drug-likeness (QED) is 0.894. The number of rotatable bonds is 3. The molecule has 1 fully saturated rings. The summed E-state index contributed by atoms with van der Waals surface area (Å²) in [6.45, 7) is 5.04. The molecule has 0 saturated carbocycles. The summed E-state index contributed by atoms with van der Waals surface area (Å²) in [6, 6.07) is 8.07. The van der Waals surface area contributed by atoms with Crippen LogP contribution in [-0.4, -0.2) is 41.0 Å². The van der Waals surface area contributed by atoms with Crippen molar-refractivity contribution >= 4 is 10.9 Å². The lowest BCUT2D eigenvalue weighted by atomic mass is 9.94. The van der Waals surface area contributed by atoms with E-state index >= 15 is 0 Å². The molecule has 2 aromatic rings. The van der Waals surface area contributed by atoms with Gasteiger partial charge in [0, 0.05) is 19.1 Å². The van der Waals surface area contributed by atoms with Gasteiger partial charge < -0.3 is 10.3 Å². The lowest BCUT2D eigenvalue weighted by Gasteiger charge is -2.36. The van der Waals surface area contributed by atoms with Crippen molar-refractivity contribution in [1.82, 2.24) is 20.2 Å². The number of hydrogen-bond donors (Lipinski definition) is 2. The third kappa shape index (κ3) is 2.99. The minimum atomic E-state index is -0.0474. The van der Waals surface area contributed by atoms with Gasteiger partial charge in [-0.3, -0.25) is 9.69 Å². The van der Waals surface area contributed by atoms with E-state index in [-0.39, 0.29) is 5.56 Å². The minimum Gasteiger partial charge on any atom is -0.317 e. The van der Waals surface area contributed by atoms with Gasteiger partial charge in [-0.2, -0.15) is 0 Å². The van der Waals surface area contributed by atoms with Crippen LogP contribution >= 0.6 is 0 Å². The van der Waals surface area contributed by atoms with Crippen LogP contribution in [0.4, 0.5) is 0 Å². The first-order valence-corrected chi connectivity index (χ1v) is 7.55. The molecule has 2 atom stereocenters. The van der Waals surface area contributed by atoms with Crippen molar-refractivity contribution in [1.29, 1.82) is 0 Å². The van der Waals surface area contributed by atoms with Crippen LogP contribution in [-0.2, 0) is 6.54 Å². The van der Waals surface area contributed by atoms with Gasteiger partial charge in [-0.1, -0.05) is 19.1 Å². The molecule has 0 bridgehead atoms. The van der Waals surface area contributed by atoms with Crippen molar-refractivity contribution in [3.63, 3.8) is 0 Å². The summed E-state index contributed by atoms with van der Waals surface area (Å²) >= 11 is 0. The second kappa shape index (κ2) is 5.95. The molecule has 3 rings (SSSR count). The molecular weight excluding hydrogens is 264 g/mol. The van der Waals surface area contributed by atoms with Crippen LogP contribution < -0.4 is 10.9 Å². The maximum Gasteiger partial charge on any atom is 0.258 e. The van der Waals surface area contributed by atoms with E-state index in [4.69, 9.17) is 0 Å². The van der Waals surface area contributed by atoms with Crippen molar-refractivity contribution in [2.24, 2.45) is 5.92 Å². The molecular formula is C16H22N4O. The van der Waals surface area contributed by atoms with E-state index < -0.39 is 0 Å². The van der Waals surface area contributed by atoms with E-state index in [1.54, 1.807) is 0 Å². The van der Waals surface area contributed by atoms with E-state index in [9.17, 15) is 4.79 Å². The third-order valence-electron chi connectivity index (χ3n) is 4.40. The second-order valence-electron chi connectivity index (χ2n) is 5.93. The minimum absolute atomic E-state index is 0.0474. The number of aromatic nitrogens is 2. The summed E-state index contributed by atoms with van der Waals surface area (Å²) in [5.74, 6) is 1.37. The number of fused-ring (bicyclic) bond motifs is 1. The molecule has 5 heteroatoms. The number of H-pyrrole nitrogens is 1. The van der Waals surface area contributed by atoms with Crippen LogP contribution in [0.15, 0.2) is 29.1 Å². The molecule has 1 aromatic heterocycles. The van der Waals surface area contributed by atoms with Crippen molar-refractivity contribution in [3.05, 3.63) is 40.4 Å². The predicted octanol–water partition coefficient (Wildman–Crippen LogP) is 1.35. The zero-order valence-corrected chi connectivity index (χ0v) is 12.6. The molecule has 0 spiro atoms. The maximum absolute atomic E-state index is 12.1. The average Bonchev–Trinajstić information content (AvgIpc) is 2.47. The summed E-state index contributed by atoms with van der Waals surface area (Å²) < 4.78 is 0. The zero-order chi connectivity index (χ0) is 14.8. The smallest absolute Gasteiger partial charge is 0.258 e. The highest BCUT2D eigenvalue weighted by Crippen LogP contribution is 2.18. The molecule has 2 unspecified atom stereocenters. The Morgan fingerprint density at radius 2 is 2.24 bits per heavy atom. The Morgan fingerprint density at radius 1 is 1.43 bits per heavy atom. The molecule has 0 aliphatic carbocycles. The fourth-order valence-electron chi connectivity index (χ4n) is 3.23. The SMILES string of the molecule is CNC1CCN(Cc2nc3ccccc3c(=O)[nH]2)CC1C. The van der Waals surface area contributed by atoms with Crippen molar-refractivity contribution < 1.29 is 0 Å². The molecule has 1 aromatic carbocycles.